The third-order valence-electron chi connectivity index (χ3n) is 5.06. The first-order valence-corrected chi connectivity index (χ1v) is 9.77. The molecule has 7 heteroatoms. The van der Waals surface area contributed by atoms with E-state index in [9.17, 15) is 9.59 Å². The van der Waals surface area contributed by atoms with Gasteiger partial charge >= 0.3 is 5.97 Å². The van der Waals surface area contributed by atoms with Gasteiger partial charge in [0.25, 0.3) is 0 Å². The number of nitrogens with zero attached hydrogens (tertiary/aromatic N) is 2. The van der Waals surface area contributed by atoms with Gasteiger partial charge in [-0.15, -0.1) is 0 Å². The summed E-state index contributed by atoms with van der Waals surface area (Å²) < 4.78 is 5.89. The molecule has 1 saturated heterocycles. The quantitative estimate of drug-likeness (QED) is 0.713. The number of aliphatic carboxylic acids is 1. The summed E-state index contributed by atoms with van der Waals surface area (Å²) in [4.78, 5) is 27.4. The zero-order valence-electron chi connectivity index (χ0n) is 16.6. The summed E-state index contributed by atoms with van der Waals surface area (Å²) in [5, 5.41) is 11.9. The maximum atomic E-state index is 12.5. The largest absolute Gasteiger partial charge is 0.480 e. The fourth-order valence-electron chi connectivity index (χ4n) is 3.53. The molecule has 2 aromatic rings. The van der Waals surface area contributed by atoms with Crippen molar-refractivity contribution >= 4 is 17.6 Å². The van der Waals surface area contributed by atoms with Gasteiger partial charge in [0.15, 0.2) is 5.75 Å². The average molecular weight is 397 g/mol. The number of anilines is 1. The monoisotopic (exact) mass is 397 g/mol. The molecule has 0 aromatic heterocycles. The minimum absolute atomic E-state index is 0.0450. The molecular formula is C22H27N3O4. The predicted octanol–water partition coefficient (Wildman–Crippen LogP) is 2.90. The molecule has 0 atom stereocenters. The van der Waals surface area contributed by atoms with Crippen molar-refractivity contribution in [2.75, 3.05) is 38.5 Å². The van der Waals surface area contributed by atoms with Crippen LogP contribution in [0.5, 0.6) is 11.5 Å². The van der Waals surface area contributed by atoms with Gasteiger partial charge in [-0.2, -0.15) is 0 Å². The highest BCUT2D eigenvalue weighted by atomic mass is 16.5. The molecule has 1 heterocycles. The number of amides is 1. The second kappa shape index (κ2) is 10.0. The molecule has 0 bridgehead atoms. The van der Waals surface area contributed by atoms with Gasteiger partial charge in [0, 0.05) is 19.1 Å². The Balaban J connectivity index is 1.51. The minimum atomic E-state index is -0.814. The molecular weight excluding hydrogens is 370 g/mol. The maximum absolute atomic E-state index is 12.5. The minimum Gasteiger partial charge on any atom is -0.480 e. The fourth-order valence-corrected chi connectivity index (χ4v) is 3.53. The smallest absolute Gasteiger partial charge is 0.317 e. The van der Waals surface area contributed by atoms with Gasteiger partial charge in [0.1, 0.15) is 5.75 Å². The van der Waals surface area contributed by atoms with Gasteiger partial charge in [0.2, 0.25) is 5.91 Å². The summed E-state index contributed by atoms with van der Waals surface area (Å²) in [5.74, 6) is 0.403. The van der Waals surface area contributed by atoms with E-state index in [1.807, 2.05) is 66.5 Å². The Hall–Kier alpha value is -2.90. The van der Waals surface area contributed by atoms with Crippen LogP contribution in [0, 0.1) is 0 Å². The van der Waals surface area contributed by atoms with Crippen LogP contribution in [0.4, 0.5) is 5.69 Å². The topological polar surface area (TPSA) is 82.1 Å². The Labute approximate surface area is 170 Å². The number of hydrogen-bond donors (Lipinski definition) is 2. The molecule has 3 rings (SSSR count). The lowest BCUT2D eigenvalue weighted by atomic mass is 10.0. The van der Waals surface area contributed by atoms with E-state index in [0.29, 0.717) is 23.7 Å². The zero-order valence-corrected chi connectivity index (χ0v) is 16.6. The van der Waals surface area contributed by atoms with Crippen LogP contribution >= 0.6 is 0 Å². The number of rotatable bonds is 8. The summed E-state index contributed by atoms with van der Waals surface area (Å²) in [6, 6.07) is 17.1. The first-order valence-electron chi connectivity index (χ1n) is 9.77. The highest BCUT2D eigenvalue weighted by Crippen LogP contribution is 2.29. The Morgan fingerprint density at radius 2 is 1.76 bits per heavy atom. The Bertz CT molecular complexity index is 820. The van der Waals surface area contributed by atoms with Crippen molar-refractivity contribution < 1.29 is 19.4 Å². The summed E-state index contributed by atoms with van der Waals surface area (Å²) in [6.45, 7) is 1.88. The van der Waals surface area contributed by atoms with Crippen LogP contribution in [0.25, 0.3) is 0 Å². The third kappa shape index (κ3) is 6.30. The molecule has 2 aromatic carbocycles. The first kappa shape index (κ1) is 20.8. The Kier molecular flexibility index (Phi) is 7.21. The van der Waals surface area contributed by atoms with Crippen molar-refractivity contribution in [1.29, 1.82) is 0 Å². The SMILES string of the molecule is CN(CC(=O)O)C1CCN(CC(=O)Nc2ccccc2Oc2ccccc2)CC1. The second-order valence-corrected chi connectivity index (χ2v) is 7.28. The number of nitrogens with one attached hydrogen (secondary N) is 1. The van der Waals surface area contributed by atoms with Gasteiger partial charge in [-0.25, -0.2) is 0 Å². The molecule has 29 heavy (non-hydrogen) atoms. The third-order valence-corrected chi connectivity index (χ3v) is 5.06. The van der Waals surface area contributed by atoms with Crippen molar-refractivity contribution in [3.63, 3.8) is 0 Å². The fraction of sp³-hybridized carbons (Fsp3) is 0.364. The van der Waals surface area contributed by atoms with Gasteiger partial charge in [-0.1, -0.05) is 30.3 Å². The molecule has 0 aliphatic carbocycles. The molecule has 0 spiro atoms. The van der Waals surface area contributed by atoms with Gasteiger partial charge < -0.3 is 15.2 Å². The number of likely N-dealkylation sites (N-methyl/N-ethyl adjacent to an activating group) is 1. The number of likely N-dealkylation sites (tertiary alicyclic amines) is 1. The molecule has 0 radical (unpaired) electrons. The molecule has 1 fully saturated rings. The molecule has 7 nitrogen and oxygen atoms in total. The van der Waals surface area contributed by atoms with Crippen molar-refractivity contribution in [1.82, 2.24) is 9.80 Å². The number of carboxylic acid groups (broad SMARTS) is 1. The standard InChI is InChI=1S/C22H27N3O4/c1-24(16-22(27)28)17-11-13-25(14-12-17)15-21(26)23-19-9-5-6-10-20(19)29-18-7-3-2-4-8-18/h2-10,17H,11-16H2,1H3,(H,23,26)(H,27,28). The van der Waals surface area contributed by atoms with E-state index in [4.69, 9.17) is 9.84 Å². The number of carbonyl (C=O) groups is 2. The van der Waals surface area contributed by atoms with E-state index < -0.39 is 5.97 Å². The van der Waals surface area contributed by atoms with Crippen LogP contribution in [-0.2, 0) is 9.59 Å². The molecule has 1 aliphatic heterocycles. The van der Waals surface area contributed by atoms with Crippen LogP contribution in [0.1, 0.15) is 12.8 Å². The molecule has 1 aliphatic rings. The van der Waals surface area contributed by atoms with E-state index in [1.165, 1.54) is 0 Å². The summed E-state index contributed by atoms with van der Waals surface area (Å²) in [7, 11) is 1.84. The summed E-state index contributed by atoms with van der Waals surface area (Å²) in [6.07, 6.45) is 1.70. The van der Waals surface area contributed by atoms with E-state index in [-0.39, 0.29) is 18.5 Å². The molecule has 2 N–H and O–H groups in total. The zero-order chi connectivity index (χ0) is 20.6. The number of piperidine rings is 1. The highest BCUT2D eigenvalue weighted by molar-refractivity contribution is 5.93. The van der Waals surface area contributed by atoms with E-state index in [0.717, 1.165) is 25.9 Å². The van der Waals surface area contributed by atoms with Crippen molar-refractivity contribution in [2.24, 2.45) is 0 Å². The Morgan fingerprint density at radius 1 is 1.10 bits per heavy atom. The van der Waals surface area contributed by atoms with Gasteiger partial charge in [-0.05, 0) is 44.2 Å². The number of benzene rings is 2. The van der Waals surface area contributed by atoms with Crippen molar-refractivity contribution in [2.45, 2.75) is 18.9 Å². The molecule has 0 unspecified atom stereocenters. The summed E-state index contributed by atoms with van der Waals surface area (Å²) >= 11 is 0. The van der Waals surface area contributed by atoms with Crippen LogP contribution < -0.4 is 10.1 Å². The number of hydrogen-bond acceptors (Lipinski definition) is 5. The number of carboxylic acids is 1. The van der Waals surface area contributed by atoms with E-state index in [2.05, 4.69) is 10.2 Å². The number of carbonyl (C=O) groups excluding carboxylic acids is 1. The lowest BCUT2D eigenvalue weighted by Crippen LogP contribution is -2.46. The number of para-hydroxylation sites is 3. The lowest BCUT2D eigenvalue weighted by Gasteiger charge is -2.35. The number of ether oxygens (including phenoxy) is 1. The van der Waals surface area contributed by atoms with E-state index >= 15 is 0 Å². The molecule has 1 amide bonds. The Morgan fingerprint density at radius 3 is 2.45 bits per heavy atom. The highest BCUT2D eigenvalue weighted by Gasteiger charge is 2.24. The van der Waals surface area contributed by atoms with Gasteiger partial charge in [-0.3, -0.25) is 19.4 Å². The van der Waals surface area contributed by atoms with Gasteiger partial charge in [0.05, 0.1) is 18.8 Å². The van der Waals surface area contributed by atoms with E-state index in [1.54, 1.807) is 0 Å². The van der Waals surface area contributed by atoms with Crippen molar-refractivity contribution in [3.05, 3.63) is 54.6 Å². The van der Waals surface area contributed by atoms with Crippen LogP contribution in [-0.4, -0.2) is 66.1 Å². The van der Waals surface area contributed by atoms with Crippen LogP contribution in [0.3, 0.4) is 0 Å². The lowest BCUT2D eigenvalue weighted by molar-refractivity contribution is -0.138. The average Bonchev–Trinajstić information content (AvgIpc) is 2.70. The van der Waals surface area contributed by atoms with Crippen LogP contribution in [0.15, 0.2) is 54.6 Å². The normalized spacial score (nSPS) is 15.2. The van der Waals surface area contributed by atoms with Crippen LogP contribution in [0.2, 0.25) is 0 Å². The molecule has 0 saturated carbocycles. The summed E-state index contributed by atoms with van der Waals surface area (Å²) in [5.41, 5.74) is 0.637. The second-order valence-electron chi connectivity index (χ2n) is 7.28. The first-order chi connectivity index (χ1) is 14.0. The van der Waals surface area contributed by atoms with Crippen molar-refractivity contribution in [3.8, 4) is 11.5 Å². The molecule has 154 valence electrons. The maximum Gasteiger partial charge on any atom is 0.317 e. The predicted molar refractivity (Wildman–Crippen MR) is 111 cm³/mol.